The second-order valence-electron chi connectivity index (χ2n) is 4.36. The molecule has 0 amide bonds. The highest BCUT2D eigenvalue weighted by Gasteiger charge is 2.21. The molecule has 1 N–H and O–H groups in total. The fourth-order valence-electron chi connectivity index (χ4n) is 2.32. The van der Waals surface area contributed by atoms with Crippen LogP contribution >= 0.6 is 0 Å². The third-order valence-corrected chi connectivity index (χ3v) is 3.26. The number of hydrogen-bond donors (Lipinski definition) is 1. The maximum atomic E-state index is 13.9. The molecule has 1 aliphatic heterocycles. The fourth-order valence-corrected chi connectivity index (χ4v) is 2.32. The highest BCUT2D eigenvalue weighted by molar-refractivity contribution is 5.41. The Morgan fingerprint density at radius 1 is 1.44 bits per heavy atom. The van der Waals surface area contributed by atoms with E-state index in [1.807, 2.05) is 12.1 Å². The standard InChI is InChI=1S/C13H18FNO/c1-9-5-6-11(13(16-2)12(9)14)10-4-3-7-15-8-10/h5-6,10,15H,3-4,7-8H2,1-2H3. The van der Waals surface area contributed by atoms with Crippen molar-refractivity contribution in [2.45, 2.75) is 25.7 Å². The van der Waals surface area contributed by atoms with Crippen molar-refractivity contribution in [1.82, 2.24) is 5.32 Å². The van der Waals surface area contributed by atoms with Crippen molar-refractivity contribution in [2.75, 3.05) is 20.2 Å². The van der Waals surface area contributed by atoms with E-state index in [-0.39, 0.29) is 5.82 Å². The molecule has 1 aliphatic rings. The summed E-state index contributed by atoms with van der Waals surface area (Å²) in [6, 6.07) is 3.83. The summed E-state index contributed by atoms with van der Waals surface area (Å²) in [6.07, 6.45) is 2.25. The van der Waals surface area contributed by atoms with Gasteiger partial charge in [-0.2, -0.15) is 0 Å². The molecule has 0 bridgehead atoms. The minimum atomic E-state index is -0.217. The van der Waals surface area contributed by atoms with Crippen molar-refractivity contribution in [1.29, 1.82) is 0 Å². The van der Waals surface area contributed by atoms with Gasteiger partial charge >= 0.3 is 0 Å². The minimum Gasteiger partial charge on any atom is -0.493 e. The van der Waals surface area contributed by atoms with E-state index in [4.69, 9.17) is 4.74 Å². The summed E-state index contributed by atoms with van der Waals surface area (Å²) in [5.41, 5.74) is 1.64. The lowest BCUT2D eigenvalue weighted by Crippen LogP contribution is -2.28. The zero-order valence-corrected chi connectivity index (χ0v) is 9.85. The van der Waals surface area contributed by atoms with Gasteiger partial charge in [-0.1, -0.05) is 12.1 Å². The molecule has 0 saturated carbocycles. The Labute approximate surface area is 95.8 Å². The van der Waals surface area contributed by atoms with Crippen LogP contribution in [0.2, 0.25) is 0 Å². The molecule has 88 valence electrons. The first kappa shape index (κ1) is 11.4. The van der Waals surface area contributed by atoms with Crippen LogP contribution in [-0.4, -0.2) is 20.2 Å². The molecule has 0 aromatic heterocycles. The summed E-state index contributed by atoms with van der Waals surface area (Å²) in [4.78, 5) is 0. The smallest absolute Gasteiger partial charge is 0.168 e. The molecule has 1 unspecified atom stereocenters. The average molecular weight is 223 g/mol. The van der Waals surface area contributed by atoms with E-state index in [0.29, 0.717) is 17.2 Å². The molecule has 1 aromatic rings. The maximum absolute atomic E-state index is 13.9. The second-order valence-corrected chi connectivity index (χ2v) is 4.36. The van der Waals surface area contributed by atoms with Gasteiger partial charge in [-0.3, -0.25) is 0 Å². The van der Waals surface area contributed by atoms with Crippen LogP contribution in [0.5, 0.6) is 5.75 Å². The Hall–Kier alpha value is -1.09. The van der Waals surface area contributed by atoms with Gasteiger partial charge in [-0.05, 0) is 31.9 Å². The van der Waals surface area contributed by atoms with Crippen molar-refractivity contribution in [3.8, 4) is 5.75 Å². The van der Waals surface area contributed by atoms with Crippen LogP contribution in [0.4, 0.5) is 4.39 Å². The molecular formula is C13H18FNO. The SMILES string of the molecule is COc1c(C2CCCNC2)ccc(C)c1F. The number of aryl methyl sites for hydroxylation is 1. The number of nitrogens with one attached hydrogen (secondary N) is 1. The van der Waals surface area contributed by atoms with Gasteiger partial charge in [0.2, 0.25) is 0 Å². The molecule has 0 spiro atoms. The van der Waals surface area contributed by atoms with Crippen LogP contribution < -0.4 is 10.1 Å². The van der Waals surface area contributed by atoms with Gasteiger partial charge in [-0.25, -0.2) is 4.39 Å². The van der Waals surface area contributed by atoms with Gasteiger partial charge in [-0.15, -0.1) is 0 Å². The number of benzene rings is 1. The average Bonchev–Trinajstić information content (AvgIpc) is 2.33. The number of rotatable bonds is 2. The monoisotopic (exact) mass is 223 g/mol. The van der Waals surface area contributed by atoms with Crippen molar-refractivity contribution in [2.24, 2.45) is 0 Å². The normalized spacial score (nSPS) is 20.8. The Kier molecular flexibility index (Phi) is 3.44. The third-order valence-electron chi connectivity index (χ3n) is 3.26. The summed E-state index contributed by atoms with van der Waals surface area (Å²) >= 11 is 0. The van der Waals surface area contributed by atoms with E-state index in [1.54, 1.807) is 6.92 Å². The largest absolute Gasteiger partial charge is 0.493 e. The summed E-state index contributed by atoms with van der Waals surface area (Å²) in [6.45, 7) is 3.74. The Balaban J connectivity index is 2.35. The number of hydrogen-bond acceptors (Lipinski definition) is 2. The topological polar surface area (TPSA) is 21.3 Å². The van der Waals surface area contributed by atoms with Gasteiger partial charge in [0.15, 0.2) is 11.6 Å². The fraction of sp³-hybridized carbons (Fsp3) is 0.538. The van der Waals surface area contributed by atoms with Crippen LogP contribution in [0.1, 0.15) is 29.9 Å². The van der Waals surface area contributed by atoms with E-state index in [2.05, 4.69) is 5.32 Å². The van der Waals surface area contributed by atoms with Gasteiger partial charge in [0.25, 0.3) is 0 Å². The van der Waals surface area contributed by atoms with Crippen LogP contribution in [0.15, 0.2) is 12.1 Å². The van der Waals surface area contributed by atoms with Crippen LogP contribution in [0.25, 0.3) is 0 Å². The molecule has 1 atom stereocenters. The van der Waals surface area contributed by atoms with E-state index in [1.165, 1.54) is 7.11 Å². The zero-order valence-electron chi connectivity index (χ0n) is 9.85. The number of methoxy groups -OCH3 is 1. The maximum Gasteiger partial charge on any atom is 0.168 e. The van der Waals surface area contributed by atoms with E-state index in [9.17, 15) is 4.39 Å². The Bertz CT molecular complexity index is 372. The van der Waals surface area contributed by atoms with Crippen molar-refractivity contribution in [3.63, 3.8) is 0 Å². The first-order valence-corrected chi connectivity index (χ1v) is 5.77. The van der Waals surface area contributed by atoms with E-state index < -0.39 is 0 Å². The van der Waals surface area contributed by atoms with Crippen LogP contribution in [0, 0.1) is 12.7 Å². The first-order valence-electron chi connectivity index (χ1n) is 5.77. The molecule has 0 radical (unpaired) electrons. The van der Waals surface area contributed by atoms with E-state index in [0.717, 1.165) is 31.5 Å². The molecule has 1 heterocycles. The van der Waals surface area contributed by atoms with Crippen molar-refractivity contribution < 1.29 is 9.13 Å². The molecule has 3 heteroatoms. The molecule has 1 fully saturated rings. The number of halogens is 1. The molecule has 1 saturated heterocycles. The number of piperidine rings is 1. The molecule has 2 nitrogen and oxygen atoms in total. The van der Waals surface area contributed by atoms with Crippen LogP contribution in [-0.2, 0) is 0 Å². The van der Waals surface area contributed by atoms with Gasteiger partial charge in [0.1, 0.15) is 0 Å². The predicted molar refractivity (Wildman–Crippen MR) is 62.5 cm³/mol. The number of ether oxygens (including phenoxy) is 1. The summed E-state index contributed by atoms with van der Waals surface area (Å²) < 4.78 is 19.1. The molecular weight excluding hydrogens is 205 g/mol. The first-order chi connectivity index (χ1) is 7.74. The van der Waals surface area contributed by atoms with Gasteiger partial charge < -0.3 is 10.1 Å². The Morgan fingerprint density at radius 2 is 2.25 bits per heavy atom. The summed E-state index contributed by atoms with van der Waals surface area (Å²) in [7, 11) is 1.54. The molecule has 16 heavy (non-hydrogen) atoms. The summed E-state index contributed by atoms with van der Waals surface area (Å²) in [5.74, 6) is 0.582. The predicted octanol–water partition coefficient (Wildman–Crippen LogP) is 2.61. The second kappa shape index (κ2) is 4.83. The van der Waals surface area contributed by atoms with Gasteiger partial charge in [0.05, 0.1) is 7.11 Å². The molecule has 2 rings (SSSR count). The van der Waals surface area contributed by atoms with Crippen LogP contribution in [0.3, 0.4) is 0 Å². The third kappa shape index (κ3) is 2.05. The Morgan fingerprint density at radius 3 is 2.88 bits per heavy atom. The van der Waals surface area contributed by atoms with Crippen molar-refractivity contribution >= 4 is 0 Å². The molecule has 0 aliphatic carbocycles. The van der Waals surface area contributed by atoms with Gasteiger partial charge in [0, 0.05) is 18.0 Å². The quantitative estimate of drug-likeness (QED) is 0.832. The highest BCUT2D eigenvalue weighted by Crippen LogP contribution is 2.34. The zero-order chi connectivity index (χ0) is 11.5. The molecule has 1 aromatic carbocycles. The lowest BCUT2D eigenvalue weighted by atomic mass is 9.90. The summed E-state index contributed by atoms with van der Waals surface area (Å²) in [5, 5.41) is 3.34. The lowest BCUT2D eigenvalue weighted by Gasteiger charge is -2.25. The van der Waals surface area contributed by atoms with E-state index >= 15 is 0 Å². The minimum absolute atomic E-state index is 0.217. The highest BCUT2D eigenvalue weighted by atomic mass is 19.1. The lowest BCUT2D eigenvalue weighted by molar-refractivity contribution is 0.367. The van der Waals surface area contributed by atoms with Crippen molar-refractivity contribution in [3.05, 3.63) is 29.1 Å².